The Kier molecular flexibility index (Phi) is 9.77. The third-order valence-corrected chi connectivity index (χ3v) is 4.25. The van der Waals surface area contributed by atoms with Gasteiger partial charge in [0, 0.05) is 33.0 Å². The van der Waals surface area contributed by atoms with E-state index in [0.29, 0.717) is 19.6 Å². The molecule has 1 fully saturated rings. The molecule has 1 aliphatic heterocycles. The number of nitrogens with two attached hydrogens (primary N) is 1. The minimum absolute atomic E-state index is 0.00873. The number of esters is 1. The maximum Gasteiger partial charge on any atom is 0.305 e. The van der Waals surface area contributed by atoms with Gasteiger partial charge in [-0.2, -0.15) is 0 Å². The predicted octanol–water partition coefficient (Wildman–Crippen LogP) is -0.464. The van der Waals surface area contributed by atoms with Crippen molar-refractivity contribution in [2.75, 3.05) is 26.2 Å². The quantitative estimate of drug-likeness (QED) is 0.437. The van der Waals surface area contributed by atoms with Gasteiger partial charge >= 0.3 is 5.97 Å². The number of hydrogen-bond acceptors (Lipinski definition) is 6. The SMILES string of the molecule is CC(=O)N1CCCC1C(=O)NC(CCC(=O)OCC(C)C)C(=O)NCCN. The fourth-order valence-electron chi connectivity index (χ4n) is 2.87. The van der Waals surface area contributed by atoms with Gasteiger partial charge in [-0.3, -0.25) is 19.2 Å². The second-order valence-corrected chi connectivity index (χ2v) is 7.13. The number of ether oxygens (including phenoxy) is 1. The largest absolute Gasteiger partial charge is 0.465 e. The molecule has 1 saturated heterocycles. The van der Waals surface area contributed by atoms with E-state index in [1.807, 2.05) is 13.8 Å². The second-order valence-electron chi connectivity index (χ2n) is 7.13. The Morgan fingerprint density at radius 2 is 1.96 bits per heavy atom. The minimum Gasteiger partial charge on any atom is -0.465 e. The molecule has 154 valence electrons. The molecule has 4 N–H and O–H groups in total. The van der Waals surface area contributed by atoms with Crippen LogP contribution in [-0.2, 0) is 23.9 Å². The molecule has 2 unspecified atom stereocenters. The molecule has 0 radical (unpaired) electrons. The molecular weight excluding hydrogens is 352 g/mol. The monoisotopic (exact) mass is 384 g/mol. The smallest absolute Gasteiger partial charge is 0.305 e. The first-order chi connectivity index (χ1) is 12.8. The van der Waals surface area contributed by atoms with Crippen LogP contribution in [0.4, 0.5) is 0 Å². The van der Waals surface area contributed by atoms with E-state index in [2.05, 4.69) is 10.6 Å². The van der Waals surface area contributed by atoms with Crippen molar-refractivity contribution in [2.24, 2.45) is 11.7 Å². The van der Waals surface area contributed by atoms with Crippen molar-refractivity contribution in [3.63, 3.8) is 0 Å². The average Bonchev–Trinajstić information content (AvgIpc) is 3.11. The van der Waals surface area contributed by atoms with Crippen molar-refractivity contribution in [3.8, 4) is 0 Å². The highest BCUT2D eigenvalue weighted by Gasteiger charge is 2.34. The Hall–Kier alpha value is -2.16. The van der Waals surface area contributed by atoms with E-state index >= 15 is 0 Å². The Bertz CT molecular complexity index is 538. The molecule has 1 aliphatic rings. The lowest BCUT2D eigenvalue weighted by atomic mass is 10.1. The summed E-state index contributed by atoms with van der Waals surface area (Å²) in [4.78, 5) is 49.9. The van der Waals surface area contributed by atoms with Crippen LogP contribution in [0.25, 0.3) is 0 Å². The van der Waals surface area contributed by atoms with Crippen molar-refractivity contribution < 1.29 is 23.9 Å². The molecule has 0 bridgehead atoms. The molecule has 0 aliphatic carbocycles. The molecule has 3 amide bonds. The van der Waals surface area contributed by atoms with Crippen LogP contribution in [0.5, 0.6) is 0 Å². The molecule has 0 saturated carbocycles. The van der Waals surface area contributed by atoms with Gasteiger partial charge in [-0.15, -0.1) is 0 Å². The zero-order chi connectivity index (χ0) is 20.4. The molecule has 2 atom stereocenters. The fourth-order valence-corrected chi connectivity index (χ4v) is 2.87. The van der Waals surface area contributed by atoms with Crippen molar-refractivity contribution >= 4 is 23.7 Å². The summed E-state index contributed by atoms with van der Waals surface area (Å²) in [5.74, 6) is -1.16. The third-order valence-electron chi connectivity index (χ3n) is 4.25. The van der Waals surface area contributed by atoms with Crippen molar-refractivity contribution in [3.05, 3.63) is 0 Å². The van der Waals surface area contributed by atoms with Crippen molar-refractivity contribution in [1.82, 2.24) is 15.5 Å². The Morgan fingerprint density at radius 1 is 1.26 bits per heavy atom. The number of nitrogens with one attached hydrogen (secondary N) is 2. The van der Waals surface area contributed by atoms with Crippen LogP contribution in [-0.4, -0.2) is 66.9 Å². The van der Waals surface area contributed by atoms with Crippen molar-refractivity contribution in [1.29, 1.82) is 0 Å². The van der Waals surface area contributed by atoms with Gasteiger partial charge in [0.2, 0.25) is 17.7 Å². The first kappa shape index (κ1) is 22.9. The summed E-state index contributed by atoms with van der Waals surface area (Å²) in [5, 5.41) is 5.30. The zero-order valence-corrected chi connectivity index (χ0v) is 16.5. The standard InChI is InChI=1S/C18H32N4O5/c1-12(2)11-27-16(24)7-6-14(17(25)20-9-8-19)21-18(26)15-5-4-10-22(15)13(3)23/h12,14-15H,4-11,19H2,1-3H3,(H,20,25)(H,21,26). The van der Waals surface area contributed by atoms with E-state index in [1.54, 1.807) is 0 Å². The Balaban J connectivity index is 2.67. The molecule has 0 spiro atoms. The van der Waals surface area contributed by atoms with E-state index in [1.165, 1.54) is 11.8 Å². The van der Waals surface area contributed by atoms with Gasteiger partial charge in [0.05, 0.1) is 6.61 Å². The van der Waals surface area contributed by atoms with Crippen LogP contribution >= 0.6 is 0 Å². The minimum atomic E-state index is -0.884. The van der Waals surface area contributed by atoms with Gasteiger partial charge in [-0.05, 0) is 25.2 Å². The van der Waals surface area contributed by atoms with Crippen LogP contribution in [0.15, 0.2) is 0 Å². The van der Waals surface area contributed by atoms with Crippen LogP contribution in [0.2, 0.25) is 0 Å². The summed E-state index contributed by atoms with van der Waals surface area (Å²) in [6.07, 6.45) is 1.42. The van der Waals surface area contributed by atoms with Crippen LogP contribution in [0, 0.1) is 5.92 Å². The molecular formula is C18H32N4O5. The summed E-state index contributed by atoms with van der Waals surface area (Å²) in [5.41, 5.74) is 5.40. The Labute approximate surface area is 160 Å². The fraction of sp³-hybridized carbons (Fsp3) is 0.778. The molecule has 0 aromatic carbocycles. The van der Waals surface area contributed by atoms with Gasteiger partial charge in [0.1, 0.15) is 12.1 Å². The van der Waals surface area contributed by atoms with E-state index in [-0.39, 0.29) is 43.7 Å². The molecule has 27 heavy (non-hydrogen) atoms. The second kappa shape index (κ2) is 11.5. The highest BCUT2D eigenvalue weighted by atomic mass is 16.5. The number of amides is 3. The first-order valence-electron chi connectivity index (χ1n) is 9.47. The molecule has 1 rings (SSSR count). The topological polar surface area (TPSA) is 131 Å². The number of likely N-dealkylation sites (tertiary alicyclic amines) is 1. The van der Waals surface area contributed by atoms with Crippen LogP contribution in [0.3, 0.4) is 0 Å². The highest BCUT2D eigenvalue weighted by molar-refractivity contribution is 5.92. The third kappa shape index (κ3) is 7.94. The zero-order valence-electron chi connectivity index (χ0n) is 16.5. The van der Waals surface area contributed by atoms with E-state index in [9.17, 15) is 19.2 Å². The average molecular weight is 384 g/mol. The first-order valence-corrected chi connectivity index (χ1v) is 9.47. The van der Waals surface area contributed by atoms with E-state index in [0.717, 1.165) is 6.42 Å². The van der Waals surface area contributed by atoms with Gasteiger partial charge in [-0.1, -0.05) is 13.8 Å². The maximum atomic E-state index is 12.6. The normalized spacial score (nSPS) is 17.5. The summed E-state index contributed by atoms with van der Waals surface area (Å²) in [6, 6.07) is -1.47. The van der Waals surface area contributed by atoms with Gasteiger partial charge in [0.15, 0.2) is 0 Å². The maximum absolute atomic E-state index is 12.6. The number of carbonyl (C=O) groups is 4. The molecule has 0 aromatic rings. The lowest BCUT2D eigenvalue weighted by molar-refractivity contribution is -0.145. The molecule has 1 heterocycles. The number of hydrogen-bond donors (Lipinski definition) is 3. The number of carbonyl (C=O) groups excluding carboxylic acids is 4. The van der Waals surface area contributed by atoms with Gasteiger partial charge in [0.25, 0.3) is 0 Å². The van der Waals surface area contributed by atoms with Gasteiger partial charge < -0.3 is 26.0 Å². The number of rotatable bonds is 10. The summed E-state index contributed by atoms with van der Waals surface area (Å²) < 4.78 is 5.11. The molecule has 0 aromatic heterocycles. The Morgan fingerprint density at radius 3 is 2.56 bits per heavy atom. The molecule has 9 heteroatoms. The lowest BCUT2D eigenvalue weighted by Crippen LogP contribution is -2.53. The van der Waals surface area contributed by atoms with Crippen molar-refractivity contribution in [2.45, 2.75) is 58.5 Å². The highest BCUT2D eigenvalue weighted by Crippen LogP contribution is 2.17. The van der Waals surface area contributed by atoms with E-state index < -0.39 is 24.0 Å². The van der Waals surface area contributed by atoms with Crippen LogP contribution in [0.1, 0.15) is 46.5 Å². The summed E-state index contributed by atoms with van der Waals surface area (Å²) >= 11 is 0. The predicted molar refractivity (Wildman–Crippen MR) is 99.4 cm³/mol. The molecule has 9 nitrogen and oxygen atoms in total. The lowest BCUT2D eigenvalue weighted by Gasteiger charge is -2.25. The number of nitrogens with zero attached hydrogens (tertiary/aromatic N) is 1. The van der Waals surface area contributed by atoms with Crippen LogP contribution < -0.4 is 16.4 Å². The van der Waals surface area contributed by atoms with Gasteiger partial charge in [-0.25, -0.2) is 0 Å². The summed E-state index contributed by atoms with van der Waals surface area (Å²) in [6.45, 7) is 6.65. The summed E-state index contributed by atoms with van der Waals surface area (Å²) in [7, 11) is 0. The van der Waals surface area contributed by atoms with E-state index in [4.69, 9.17) is 10.5 Å².